The zero-order chi connectivity index (χ0) is 23.3. The molecule has 2 N–H and O–H groups in total. The van der Waals surface area contributed by atoms with E-state index in [1.165, 1.54) is 22.3 Å². The van der Waals surface area contributed by atoms with E-state index in [-0.39, 0.29) is 11.8 Å². The highest BCUT2D eigenvalue weighted by atomic mass is 16.5. The molecule has 2 aliphatic carbocycles. The molecule has 0 unspecified atom stereocenters. The summed E-state index contributed by atoms with van der Waals surface area (Å²) in [6.45, 7) is 0.706. The predicted octanol–water partition coefficient (Wildman–Crippen LogP) is 4.86. The molecule has 34 heavy (non-hydrogen) atoms. The molecule has 0 atom stereocenters. The van der Waals surface area contributed by atoms with E-state index < -0.39 is 6.09 Å². The first-order valence-electron chi connectivity index (χ1n) is 11.7. The number of carbonyl (C=O) groups excluding carboxylic acids is 2. The summed E-state index contributed by atoms with van der Waals surface area (Å²) >= 11 is 0. The van der Waals surface area contributed by atoms with Gasteiger partial charge in [0.1, 0.15) is 6.61 Å². The van der Waals surface area contributed by atoms with Gasteiger partial charge in [0.05, 0.1) is 0 Å². The molecule has 5 rings (SSSR count). The molecule has 2 aliphatic rings. The van der Waals surface area contributed by atoms with Crippen molar-refractivity contribution < 1.29 is 14.3 Å². The van der Waals surface area contributed by atoms with Crippen LogP contribution in [0.3, 0.4) is 0 Å². The lowest BCUT2D eigenvalue weighted by Gasteiger charge is -2.14. The molecule has 5 heteroatoms. The second-order valence-corrected chi connectivity index (χ2v) is 8.63. The number of benzene rings is 3. The standard InChI is InChI=1S/C29H26N2O3/c32-28(31-22-16-17-22)21-14-12-20(13-15-21)7-5-6-18-30-29(33)34-19-27-25-10-3-1-8-23(25)24-9-2-4-11-26(24)27/h1-4,8-15,22,27H,6,16-19H2,(H,30,33)(H,31,32). The number of carbonyl (C=O) groups is 2. The van der Waals surface area contributed by atoms with Gasteiger partial charge in [-0.25, -0.2) is 4.79 Å². The van der Waals surface area contributed by atoms with Gasteiger partial charge < -0.3 is 15.4 Å². The number of rotatable bonds is 6. The Labute approximate surface area is 199 Å². The van der Waals surface area contributed by atoms with Crippen molar-refractivity contribution in [2.24, 2.45) is 0 Å². The minimum absolute atomic E-state index is 0.0331. The van der Waals surface area contributed by atoms with Crippen molar-refractivity contribution in [2.75, 3.05) is 13.2 Å². The number of hydrogen-bond donors (Lipinski definition) is 2. The number of alkyl carbamates (subject to hydrolysis) is 1. The largest absolute Gasteiger partial charge is 0.449 e. The Morgan fingerprint density at radius 3 is 2.18 bits per heavy atom. The summed E-state index contributed by atoms with van der Waals surface area (Å²) in [7, 11) is 0. The Hall–Kier alpha value is -4.04. The van der Waals surface area contributed by atoms with Crippen molar-refractivity contribution in [1.29, 1.82) is 0 Å². The molecule has 0 saturated heterocycles. The molecule has 3 aromatic carbocycles. The van der Waals surface area contributed by atoms with Crippen molar-refractivity contribution >= 4 is 12.0 Å². The molecular weight excluding hydrogens is 424 g/mol. The number of fused-ring (bicyclic) bond motifs is 3. The number of nitrogens with one attached hydrogen (secondary N) is 2. The van der Waals surface area contributed by atoms with E-state index in [9.17, 15) is 9.59 Å². The van der Waals surface area contributed by atoms with E-state index in [1.807, 2.05) is 36.4 Å². The van der Waals surface area contributed by atoms with Gasteiger partial charge in [-0.15, -0.1) is 0 Å². The molecule has 0 heterocycles. The molecule has 3 aromatic rings. The normalized spacial score (nSPS) is 13.8. The first-order valence-corrected chi connectivity index (χ1v) is 11.7. The smallest absolute Gasteiger partial charge is 0.407 e. The first kappa shape index (κ1) is 21.8. The summed E-state index contributed by atoms with van der Waals surface area (Å²) in [5.74, 6) is 6.13. The van der Waals surface area contributed by atoms with Gasteiger partial charge in [0.2, 0.25) is 0 Å². The Kier molecular flexibility index (Phi) is 6.31. The van der Waals surface area contributed by atoms with Crippen molar-refractivity contribution in [3.05, 3.63) is 95.1 Å². The molecule has 2 amide bonds. The van der Waals surface area contributed by atoms with Crippen LogP contribution in [0.15, 0.2) is 72.8 Å². The van der Waals surface area contributed by atoms with Crippen LogP contribution in [0.2, 0.25) is 0 Å². The lowest BCUT2D eigenvalue weighted by Crippen LogP contribution is -2.26. The fourth-order valence-corrected chi connectivity index (χ4v) is 4.24. The summed E-state index contributed by atoms with van der Waals surface area (Å²) in [6, 6.07) is 24.1. The number of hydrogen-bond acceptors (Lipinski definition) is 3. The van der Waals surface area contributed by atoms with Crippen molar-refractivity contribution in [3.63, 3.8) is 0 Å². The number of amides is 2. The number of ether oxygens (including phenoxy) is 1. The summed E-state index contributed by atoms with van der Waals surface area (Å²) in [6.07, 6.45) is 2.21. The van der Waals surface area contributed by atoms with E-state index in [2.05, 4.69) is 46.7 Å². The SMILES string of the molecule is O=C(NCCC#Cc1ccc(C(=O)NC2CC2)cc1)OCC1c2ccccc2-c2ccccc21. The van der Waals surface area contributed by atoms with Gasteiger partial charge in [-0.2, -0.15) is 0 Å². The average Bonchev–Trinajstić information content (AvgIpc) is 3.63. The second kappa shape index (κ2) is 9.84. The molecule has 0 radical (unpaired) electrons. The molecule has 1 fully saturated rings. The quantitative estimate of drug-likeness (QED) is 0.416. The van der Waals surface area contributed by atoms with Gasteiger partial charge in [-0.05, 0) is 59.4 Å². The van der Waals surface area contributed by atoms with Crippen LogP contribution in [0.1, 0.15) is 52.2 Å². The fraction of sp³-hybridized carbons (Fsp3) is 0.241. The van der Waals surface area contributed by atoms with Crippen molar-refractivity contribution in [2.45, 2.75) is 31.2 Å². The van der Waals surface area contributed by atoms with E-state index >= 15 is 0 Å². The van der Waals surface area contributed by atoms with Crippen molar-refractivity contribution in [1.82, 2.24) is 10.6 Å². The average molecular weight is 451 g/mol. The van der Waals surface area contributed by atoms with Crippen LogP contribution in [-0.4, -0.2) is 31.2 Å². The molecule has 0 aromatic heterocycles. The molecule has 0 aliphatic heterocycles. The van der Waals surface area contributed by atoms with Crippen LogP contribution in [-0.2, 0) is 4.74 Å². The zero-order valence-corrected chi connectivity index (χ0v) is 18.8. The maximum Gasteiger partial charge on any atom is 0.407 e. The van der Waals surface area contributed by atoms with E-state index in [0.29, 0.717) is 31.2 Å². The highest BCUT2D eigenvalue weighted by Gasteiger charge is 2.29. The van der Waals surface area contributed by atoms with Gasteiger partial charge in [-0.3, -0.25) is 4.79 Å². The lowest BCUT2D eigenvalue weighted by molar-refractivity contribution is 0.0951. The van der Waals surface area contributed by atoms with Gasteiger partial charge in [0, 0.05) is 36.1 Å². The maximum atomic E-state index is 12.2. The van der Waals surface area contributed by atoms with Crippen LogP contribution in [0.5, 0.6) is 0 Å². The summed E-state index contributed by atoms with van der Waals surface area (Å²) in [5, 5.41) is 5.74. The van der Waals surface area contributed by atoms with Crippen LogP contribution >= 0.6 is 0 Å². The molecule has 1 saturated carbocycles. The Morgan fingerprint density at radius 2 is 1.53 bits per heavy atom. The maximum absolute atomic E-state index is 12.2. The monoisotopic (exact) mass is 450 g/mol. The third kappa shape index (κ3) is 4.97. The van der Waals surface area contributed by atoms with E-state index in [0.717, 1.165) is 18.4 Å². The highest BCUT2D eigenvalue weighted by Crippen LogP contribution is 2.44. The summed E-state index contributed by atoms with van der Waals surface area (Å²) in [4.78, 5) is 24.2. The van der Waals surface area contributed by atoms with E-state index in [1.54, 1.807) is 12.1 Å². The minimum atomic E-state index is -0.435. The molecule has 5 nitrogen and oxygen atoms in total. The highest BCUT2D eigenvalue weighted by molar-refractivity contribution is 5.94. The Balaban J connectivity index is 1.07. The van der Waals surface area contributed by atoms with E-state index in [4.69, 9.17) is 4.74 Å². The second-order valence-electron chi connectivity index (χ2n) is 8.63. The minimum Gasteiger partial charge on any atom is -0.449 e. The first-order chi connectivity index (χ1) is 16.7. The molecule has 0 spiro atoms. The van der Waals surface area contributed by atoms with Crippen LogP contribution < -0.4 is 10.6 Å². The molecule has 170 valence electrons. The summed E-state index contributed by atoms with van der Waals surface area (Å²) < 4.78 is 5.54. The van der Waals surface area contributed by atoms with Crippen LogP contribution in [0.25, 0.3) is 11.1 Å². The molecular formula is C29H26N2O3. The third-order valence-electron chi connectivity index (χ3n) is 6.16. The van der Waals surface area contributed by atoms with Gasteiger partial charge >= 0.3 is 6.09 Å². The lowest BCUT2D eigenvalue weighted by atomic mass is 9.98. The topological polar surface area (TPSA) is 67.4 Å². The Morgan fingerprint density at radius 1 is 0.882 bits per heavy atom. The van der Waals surface area contributed by atoms with Crippen LogP contribution in [0.4, 0.5) is 4.79 Å². The van der Waals surface area contributed by atoms with Gasteiger partial charge in [0.25, 0.3) is 5.91 Å². The molecule has 0 bridgehead atoms. The summed E-state index contributed by atoms with van der Waals surface area (Å²) in [5.41, 5.74) is 6.29. The Bertz CT molecular complexity index is 1220. The predicted molar refractivity (Wildman–Crippen MR) is 131 cm³/mol. The van der Waals surface area contributed by atoms with Crippen LogP contribution in [0, 0.1) is 11.8 Å². The zero-order valence-electron chi connectivity index (χ0n) is 18.8. The fourth-order valence-electron chi connectivity index (χ4n) is 4.24. The van der Waals surface area contributed by atoms with Gasteiger partial charge in [-0.1, -0.05) is 60.4 Å². The van der Waals surface area contributed by atoms with Crippen molar-refractivity contribution in [3.8, 4) is 23.0 Å². The van der Waals surface area contributed by atoms with Gasteiger partial charge in [0.15, 0.2) is 0 Å². The third-order valence-corrected chi connectivity index (χ3v) is 6.16.